The van der Waals surface area contributed by atoms with Crippen molar-refractivity contribution in [2.24, 2.45) is 11.8 Å². The molecule has 1 saturated carbocycles. The second kappa shape index (κ2) is 3.31. The van der Waals surface area contributed by atoms with Crippen molar-refractivity contribution in [1.29, 1.82) is 0 Å². The van der Waals surface area contributed by atoms with Gasteiger partial charge in [0.05, 0.1) is 5.54 Å². The zero-order chi connectivity index (χ0) is 10.3. The molecule has 1 aliphatic rings. The normalized spacial score (nSPS) is 30.0. The minimum Gasteiger partial charge on any atom is -0.308 e. The Kier molecular flexibility index (Phi) is 2.40. The zero-order valence-electron chi connectivity index (χ0n) is 9.29. The summed E-state index contributed by atoms with van der Waals surface area (Å²) in [6.45, 7) is 6.66. The molecule has 0 bridgehead atoms. The lowest BCUT2D eigenvalue weighted by Gasteiger charge is -2.27. The first-order valence-electron chi connectivity index (χ1n) is 5.19. The van der Waals surface area contributed by atoms with E-state index in [-0.39, 0.29) is 5.54 Å². The molecular formula is C11H18N2S. The van der Waals surface area contributed by atoms with Gasteiger partial charge >= 0.3 is 0 Å². The van der Waals surface area contributed by atoms with Crippen LogP contribution in [0.25, 0.3) is 0 Å². The summed E-state index contributed by atoms with van der Waals surface area (Å²) in [6, 6.07) is 0. The van der Waals surface area contributed by atoms with Crippen LogP contribution in [0, 0.1) is 18.8 Å². The van der Waals surface area contributed by atoms with Crippen LogP contribution in [0.15, 0.2) is 5.38 Å². The maximum absolute atomic E-state index is 4.61. The molecule has 0 spiro atoms. The van der Waals surface area contributed by atoms with Crippen LogP contribution in [0.3, 0.4) is 0 Å². The van der Waals surface area contributed by atoms with Crippen molar-refractivity contribution >= 4 is 11.3 Å². The van der Waals surface area contributed by atoms with Crippen LogP contribution in [-0.4, -0.2) is 12.0 Å². The van der Waals surface area contributed by atoms with Gasteiger partial charge in [0.1, 0.15) is 5.01 Å². The van der Waals surface area contributed by atoms with Gasteiger partial charge in [-0.2, -0.15) is 0 Å². The lowest BCUT2D eigenvalue weighted by atomic mass is 9.95. The summed E-state index contributed by atoms with van der Waals surface area (Å²) in [7, 11) is 2.04. The van der Waals surface area contributed by atoms with Gasteiger partial charge in [-0.05, 0) is 39.2 Å². The molecule has 1 heterocycles. The standard InChI is InChI=1S/C11H18N2S/c1-7-5-9(7)11(3,12-4)10-13-8(2)6-14-10/h6-7,9,12H,5H2,1-4H3. The molecule has 3 heteroatoms. The van der Waals surface area contributed by atoms with Crippen molar-refractivity contribution in [3.63, 3.8) is 0 Å². The Morgan fingerprint density at radius 2 is 2.29 bits per heavy atom. The number of rotatable bonds is 3. The van der Waals surface area contributed by atoms with Crippen molar-refractivity contribution in [2.45, 2.75) is 32.7 Å². The minimum atomic E-state index is 0.0956. The summed E-state index contributed by atoms with van der Waals surface area (Å²) >= 11 is 1.78. The Balaban J connectivity index is 2.28. The highest BCUT2D eigenvalue weighted by Gasteiger charge is 2.49. The van der Waals surface area contributed by atoms with Gasteiger partial charge in [0, 0.05) is 11.1 Å². The average molecular weight is 210 g/mol. The van der Waals surface area contributed by atoms with Gasteiger partial charge in [-0.25, -0.2) is 4.98 Å². The SMILES string of the molecule is CNC(C)(c1nc(C)cs1)C1CC1C. The molecule has 2 nitrogen and oxygen atoms in total. The van der Waals surface area contributed by atoms with E-state index >= 15 is 0 Å². The van der Waals surface area contributed by atoms with Crippen LogP contribution in [0.4, 0.5) is 0 Å². The highest BCUT2D eigenvalue weighted by Crippen LogP contribution is 2.50. The quantitative estimate of drug-likeness (QED) is 0.829. The third kappa shape index (κ3) is 1.48. The summed E-state index contributed by atoms with van der Waals surface area (Å²) < 4.78 is 0. The summed E-state index contributed by atoms with van der Waals surface area (Å²) in [5.41, 5.74) is 1.23. The lowest BCUT2D eigenvalue weighted by molar-refractivity contribution is 0.329. The Labute approximate surface area is 89.8 Å². The predicted octanol–water partition coefficient (Wildman–Crippen LogP) is 2.54. The molecule has 1 fully saturated rings. The molecular weight excluding hydrogens is 192 g/mol. The first-order valence-corrected chi connectivity index (χ1v) is 6.07. The number of hydrogen-bond donors (Lipinski definition) is 1. The molecule has 1 aliphatic carbocycles. The molecule has 3 atom stereocenters. The van der Waals surface area contributed by atoms with Gasteiger partial charge in [0.15, 0.2) is 0 Å². The van der Waals surface area contributed by atoms with E-state index in [1.807, 2.05) is 7.05 Å². The maximum atomic E-state index is 4.61. The van der Waals surface area contributed by atoms with Crippen molar-refractivity contribution < 1.29 is 0 Å². The molecule has 1 aromatic heterocycles. The molecule has 0 amide bonds. The first kappa shape index (κ1) is 10.1. The summed E-state index contributed by atoms with van der Waals surface area (Å²) in [5.74, 6) is 1.61. The number of nitrogens with zero attached hydrogens (tertiary/aromatic N) is 1. The van der Waals surface area contributed by atoms with Crippen LogP contribution >= 0.6 is 11.3 Å². The molecule has 0 aromatic carbocycles. The lowest BCUT2D eigenvalue weighted by Crippen LogP contribution is -2.39. The largest absolute Gasteiger partial charge is 0.308 e. The van der Waals surface area contributed by atoms with Gasteiger partial charge in [-0.15, -0.1) is 11.3 Å². The van der Waals surface area contributed by atoms with Crippen LogP contribution in [0.5, 0.6) is 0 Å². The van der Waals surface area contributed by atoms with E-state index in [1.165, 1.54) is 11.4 Å². The van der Waals surface area contributed by atoms with Crippen molar-refractivity contribution in [2.75, 3.05) is 7.05 Å². The van der Waals surface area contributed by atoms with Crippen molar-refractivity contribution in [3.05, 3.63) is 16.1 Å². The number of thiazole rings is 1. The van der Waals surface area contributed by atoms with E-state index in [4.69, 9.17) is 0 Å². The fourth-order valence-electron chi connectivity index (χ4n) is 2.17. The van der Waals surface area contributed by atoms with E-state index in [0.29, 0.717) is 0 Å². The molecule has 78 valence electrons. The molecule has 0 aliphatic heterocycles. The van der Waals surface area contributed by atoms with Gasteiger partial charge in [0.25, 0.3) is 0 Å². The van der Waals surface area contributed by atoms with Crippen LogP contribution in [0.2, 0.25) is 0 Å². The Hall–Kier alpha value is -0.410. The third-order valence-electron chi connectivity index (χ3n) is 3.43. The minimum absolute atomic E-state index is 0.0956. The fraction of sp³-hybridized carbons (Fsp3) is 0.727. The number of nitrogens with one attached hydrogen (secondary N) is 1. The smallest absolute Gasteiger partial charge is 0.113 e. The van der Waals surface area contributed by atoms with E-state index in [0.717, 1.165) is 17.5 Å². The molecule has 14 heavy (non-hydrogen) atoms. The van der Waals surface area contributed by atoms with Gasteiger partial charge in [0.2, 0.25) is 0 Å². The number of aryl methyl sites for hydroxylation is 1. The van der Waals surface area contributed by atoms with Gasteiger partial charge in [-0.3, -0.25) is 0 Å². The highest BCUT2D eigenvalue weighted by molar-refractivity contribution is 7.09. The molecule has 3 unspecified atom stereocenters. The summed E-state index contributed by atoms with van der Waals surface area (Å²) in [4.78, 5) is 4.61. The topological polar surface area (TPSA) is 24.9 Å². The van der Waals surface area contributed by atoms with E-state index < -0.39 is 0 Å². The number of hydrogen-bond acceptors (Lipinski definition) is 3. The predicted molar refractivity (Wildman–Crippen MR) is 60.5 cm³/mol. The van der Waals surface area contributed by atoms with E-state index in [9.17, 15) is 0 Å². The Bertz CT molecular complexity index is 334. The molecule has 0 saturated heterocycles. The fourth-order valence-corrected chi connectivity index (χ4v) is 3.20. The monoisotopic (exact) mass is 210 g/mol. The van der Waals surface area contributed by atoms with Crippen LogP contribution < -0.4 is 5.32 Å². The summed E-state index contributed by atoms with van der Waals surface area (Å²) in [6.07, 6.45) is 1.33. The average Bonchev–Trinajstić information content (AvgIpc) is 2.73. The van der Waals surface area contributed by atoms with Gasteiger partial charge in [-0.1, -0.05) is 6.92 Å². The zero-order valence-corrected chi connectivity index (χ0v) is 10.1. The van der Waals surface area contributed by atoms with Gasteiger partial charge < -0.3 is 5.32 Å². The molecule has 0 radical (unpaired) electrons. The van der Waals surface area contributed by atoms with E-state index in [1.54, 1.807) is 11.3 Å². The second-order valence-electron chi connectivity index (χ2n) is 4.57. The van der Waals surface area contributed by atoms with Crippen LogP contribution in [0.1, 0.15) is 31.0 Å². The highest BCUT2D eigenvalue weighted by atomic mass is 32.1. The molecule has 1 N–H and O–H groups in total. The first-order chi connectivity index (χ1) is 6.58. The summed E-state index contributed by atoms with van der Waals surface area (Å²) in [5, 5.41) is 6.83. The molecule has 2 rings (SSSR count). The number of aromatic nitrogens is 1. The Morgan fingerprint density at radius 1 is 1.64 bits per heavy atom. The maximum Gasteiger partial charge on any atom is 0.113 e. The van der Waals surface area contributed by atoms with E-state index in [2.05, 4.69) is 36.5 Å². The van der Waals surface area contributed by atoms with Crippen molar-refractivity contribution in [1.82, 2.24) is 10.3 Å². The van der Waals surface area contributed by atoms with Crippen LogP contribution in [-0.2, 0) is 5.54 Å². The van der Waals surface area contributed by atoms with Crippen molar-refractivity contribution in [3.8, 4) is 0 Å². The molecule has 1 aromatic rings. The Morgan fingerprint density at radius 3 is 2.64 bits per heavy atom. The second-order valence-corrected chi connectivity index (χ2v) is 5.42. The third-order valence-corrected chi connectivity index (χ3v) is 4.63.